The summed E-state index contributed by atoms with van der Waals surface area (Å²) in [4.78, 5) is 22.4. The SMILES string of the molecule is CCS(=O)(=O)O.Cc1cccc(NC(=O)CCc2ccc(N3C(N)=NC(N)=NC3(C)C)cc2)c1. The smallest absolute Gasteiger partial charge is 0.264 e. The number of carbonyl (C=O) groups is 1. The van der Waals surface area contributed by atoms with E-state index in [1.54, 1.807) is 0 Å². The van der Waals surface area contributed by atoms with E-state index in [1.165, 1.54) is 6.92 Å². The van der Waals surface area contributed by atoms with Gasteiger partial charge in [0.05, 0.1) is 5.75 Å². The van der Waals surface area contributed by atoms with Crippen molar-refractivity contribution in [3.63, 3.8) is 0 Å². The minimum Gasteiger partial charge on any atom is -0.369 e. The van der Waals surface area contributed by atoms with Crippen molar-refractivity contribution >= 4 is 39.3 Å². The van der Waals surface area contributed by atoms with Gasteiger partial charge in [0.15, 0.2) is 0 Å². The van der Waals surface area contributed by atoms with Gasteiger partial charge in [-0.3, -0.25) is 14.2 Å². The summed E-state index contributed by atoms with van der Waals surface area (Å²) < 4.78 is 26.9. The van der Waals surface area contributed by atoms with E-state index < -0.39 is 15.8 Å². The summed E-state index contributed by atoms with van der Waals surface area (Å²) in [6.45, 7) is 7.21. The van der Waals surface area contributed by atoms with Gasteiger partial charge in [0.25, 0.3) is 10.1 Å². The summed E-state index contributed by atoms with van der Waals surface area (Å²) in [6, 6.07) is 15.6. The van der Waals surface area contributed by atoms with Crippen LogP contribution in [0.1, 0.15) is 38.3 Å². The lowest BCUT2D eigenvalue weighted by molar-refractivity contribution is -0.116. The molecule has 0 unspecified atom stereocenters. The van der Waals surface area contributed by atoms with E-state index in [2.05, 4.69) is 15.3 Å². The van der Waals surface area contributed by atoms with Crippen LogP contribution in [0.5, 0.6) is 0 Å². The van der Waals surface area contributed by atoms with Crippen LogP contribution in [0.15, 0.2) is 58.5 Å². The fraction of sp³-hybridized carbons (Fsp3) is 0.348. The zero-order valence-corrected chi connectivity index (χ0v) is 20.6. The number of nitrogens with zero attached hydrogens (tertiary/aromatic N) is 3. The molecule has 2 aromatic carbocycles. The molecule has 34 heavy (non-hydrogen) atoms. The van der Waals surface area contributed by atoms with E-state index in [9.17, 15) is 13.2 Å². The van der Waals surface area contributed by atoms with Crippen molar-refractivity contribution in [1.82, 2.24) is 0 Å². The highest BCUT2D eigenvalue weighted by Crippen LogP contribution is 2.27. The highest BCUT2D eigenvalue weighted by atomic mass is 32.2. The van der Waals surface area contributed by atoms with Gasteiger partial charge in [-0.05, 0) is 69.5 Å². The average Bonchev–Trinajstić information content (AvgIpc) is 2.72. The number of hydrogen-bond acceptors (Lipinski definition) is 8. The topological polar surface area (TPSA) is 163 Å². The highest BCUT2D eigenvalue weighted by Gasteiger charge is 2.32. The molecule has 1 aliphatic heterocycles. The Balaban J connectivity index is 0.000000604. The van der Waals surface area contributed by atoms with Crippen molar-refractivity contribution < 1.29 is 17.8 Å². The van der Waals surface area contributed by atoms with Crippen LogP contribution < -0.4 is 21.7 Å². The Morgan fingerprint density at radius 1 is 1.15 bits per heavy atom. The minimum atomic E-state index is -3.66. The monoisotopic (exact) mass is 488 g/mol. The lowest BCUT2D eigenvalue weighted by atomic mass is 10.1. The molecule has 11 heteroatoms. The van der Waals surface area contributed by atoms with Crippen LogP contribution in [0, 0.1) is 6.92 Å². The number of nitrogens with one attached hydrogen (secondary N) is 1. The van der Waals surface area contributed by atoms with E-state index >= 15 is 0 Å². The standard InChI is InChI=1S/C21H26N6O.C2H6O3S/c1-14-5-4-6-16(13-14)24-18(28)12-9-15-7-10-17(11-8-15)27-20(23)25-19(22)26-21(27,2)3;1-2-6(3,4)5/h4-8,10-11,13H,9,12H2,1-3H3,(H,24,28)(H4,22,23,25,26);2H2,1H3,(H,3,4,5). The molecule has 0 bridgehead atoms. The van der Waals surface area contributed by atoms with Gasteiger partial charge in [0, 0.05) is 17.8 Å². The van der Waals surface area contributed by atoms with Gasteiger partial charge in [0.1, 0.15) is 5.66 Å². The Morgan fingerprint density at radius 2 is 1.76 bits per heavy atom. The second kappa shape index (κ2) is 11.1. The van der Waals surface area contributed by atoms with Crippen molar-refractivity contribution in [2.45, 2.75) is 46.2 Å². The number of guanidine groups is 2. The largest absolute Gasteiger partial charge is 0.369 e. The Hall–Kier alpha value is -3.44. The summed E-state index contributed by atoms with van der Waals surface area (Å²) in [5.41, 5.74) is 15.0. The predicted molar refractivity (Wildman–Crippen MR) is 136 cm³/mol. The minimum absolute atomic E-state index is 0.00645. The molecule has 1 heterocycles. The third-order valence-electron chi connectivity index (χ3n) is 4.90. The lowest BCUT2D eigenvalue weighted by Crippen LogP contribution is -2.54. The van der Waals surface area contributed by atoms with Crippen molar-refractivity contribution in [3.05, 3.63) is 59.7 Å². The Morgan fingerprint density at radius 3 is 2.29 bits per heavy atom. The van der Waals surface area contributed by atoms with Crippen LogP contribution >= 0.6 is 0 Å². The Labute approximate surface area is 200 Å². The molecule has 1 aliphatic rings. The number of nitrogens with two attached hydrogens (primary N) is 2. The van der Waals surface area contributed by atoms with Gasteiger partial charge >= 0.3 is 0 Å². The second-order valence-electron chi connectivity index (χ2n) is 8.22. The lowest BCUT2D eigenvalue weighted by Gasteiger charge is -2.38. The summed E-state index contributed by atoms with van der Waals surface area (Å²) in [5.74, 6) is 0.276. The third-order valence-corrected chi connectivity index (χ3v) is 5.63. The van der Waals surface area contributed by atoms with E-state index in [1.807, 2.05) is 74.2 Å². The van der Waals surface area contributed by atoms with Gasteiger partial charge in [0.2, 0.25) is 17.8 Å². The number of anilines is 2. The molecule has 0 aliphatic carbocycles. The molecular formula is C23H32N6O4S. The first-order valence-corrected chi connectivity index (χ1v) is 12.3. The first kappa shape index (κ1) is 26.8. The molecule has 0 spiro atoms. The molecule has 0 saturated carbocycles. The Kier molecular flexibility index (Phi) is 8.77. The van der Waals surface area contributed by atoms with Crippen LogP contribution in [0.4, 0.5) is 11.4 Å². The summed E-state index contributed by atoms with van der Waals surface area (Å²) >= 11 is 0. The maximum Gasteiger partial charge on any atom is 0.264 e. The van der Waals surface area contributed by atoms with Gasteiger partial charge in [-0.1, -0.05) is 24.3 Å². The van der Waals surface area contributed by atoms with Gasteiger partial charge in [-0.2, -0.15) is 13.4 Å². The number of aryl methyl sites for hydroxylation is 2. The first-order valence-electron chi connectivity index (χ1n) is 10.7. The number of benzene rings is 2. The van der Waals surface area contributed by atoms with Crippen molar-refractivity contribution in [3.8, 4) is 0 Å². The fourth-order valence-corrected chi connectivity index (χ4v) is 3.27. The van der Waals surface area contributed by atoms with Gasteiger partial charge in [-0.15, -0.1) is 0 Å². The number of amides is 1. The first-order chi connectivity index (χ1) is 15.8. The molecule has 6 N–H and O–H groups in total. The molecule has 0 radical (unpaired) electrons. The highest BCUT2D eigenvalue weighted by molar-refractivity contribution is 7.85. The number of carbonyl (C=O) groups excluding carboxylic acids is 1. The van der Waals surface area contributed by atoms with E-state index in [4.69, 9.17) is 16.0 Å². The van der Waals surface area contributed by atoms with Crippen LogP contribution in [-0.2, 0) is 21.3 Å². The Bertz CT molecular complexity index is 1170. The maximum absolute atomic E-state index is 12.2. The van der Waals surface area contributed by atoms with E-state index in [0.29, 0.717) is 18.8 Å². The average molecular weight is 489 g/mol. The summed E-state index contributed by atoms with van der Waals surface area (Å²) in [6.07, 6.45) is 1.06. The van der Waals surface area contributed by atoms with Gasteiger partial charge < -0.3 is 16.8 Å². The van der Waals surface area contributed by atoms with E-state index in [0.717, 1.165) is 22.5 Å². The third kappa shape index (κ3) is 8.16. The molecule has 10 nitrogen and oxygen atoms in total. The molecule has 0 saturated heterocycles. The fourth-order valence-electron chi connectivity index (χ4n) is 3.27. The number of rotatable bonds is 6. The quantitative estimate of drug-likeness (QED) is 0.454. The van der Waals surface area contributed by atoms with Crippen LogP contribution in [-0.4, -0.2) is 42.2 Å². The normalized spacial score (nSPS) is 14.9. The zero-order valence-electron chi connectivity index (χ0n) is 19.8. The van der Waals surface area contributed by atoms with Crippen molar-refractivity contribution in [1.29, 1.82) is 0 Å². The molecule has 1 amide bonds. The van der Waals surface area contributed by atoms with Crippen LogP contribution in [0.25, 0.3) is 0 Å². The molecule has 0 aromatic heterocycles. The van der Waals surface area contributed by atoms with Crippen LogP contribution in [0.3, 0.4) is 0 Å². The molecule has 2 aromatic rings. The molecule has 0 atom stereocenters. The molecular weight excluding hydrogens is 456 g/mol. The maximum atomic E-state index is 12.2. The van der Waals surface area contributed by atoms with E-state index in [-0.39, 0.29) is 17.6 Å². The summed E-state index contributed by atoms with van der Waals surface area (Å²) in [5, 5.41) is 2.93. The molecule has 184 valence electrons. The number of aliphatic imine (C=N–C) groups is 2. The second-order valence-corrected chi connectivity index (χ2v) is 9.97. The van der Waals surface area contributed by atoms with Crippen molar-refractivity contribution in [2.24, 2.45) is 21.5 Å². The van der Waals surface area contributed by atoms with Crippen molar-refractivity contribution in [2.75, 3.05) is 16.0 Å². The van der Waals surface area contributed by atoms with Gasteiger partial charge in [-0.25, -0.2) is 4.99 Å². The zero-order chi connectivity index (χ0) is 25.5. The molecule has 3 rings (SSSR count). The number of hydrogen-bond donors (Lipinski definition) is 4. The summed E-state index contributed by atoms with van der Waals surface area (Å²) in [7, 11) is -3.66. The van der Waals surface area contributed by atoms with Crippen LogP contribution in [0.2, 0.25) is 0 Å². The predicted octanol–water partition coefficient (Wildman–Crippen LogP) is 2.65. The molecule has 0 fully saturated rings.